The van der Waals surface area contributed by atoms with Crippen molar-refractivity contribution in [3.8, 4) is 6.07 Å². The first-order valence-corrected chi connectivity index (χ1v) is 9.87. The van der Waals surface area contributed by atoms with E-state index in [1.165, 1.54) is 6.92 Å². The van der Waals surface area contributed by atoms with Gasteiger partial charge in [-0.2, -0.15) is 18.4 Å². The molecule has 1 atom stereocenters. The van der Waals surface area contributed by atoms with Crippen LogP contribution in [-0.2, 0) is 20.8 Å². The van der Waals surface area contributed by atoms with Crippen LogP contribution >= 0.6 is 0 Å². The fourth-order valence-corrected chi connectivity index (χ4v) is 4.04. The Labute approximate surface area is 173 Å². The van der Waals surface area contributed by atoms with Crippen LogP contribution in [0.5, 0.6) is 0 Å². The van der Waals surface area contributed by atoms with Gasteiger partial charge in [-0.05, 0) is 48.8 Å². The number of benzene rings is 2. The minimum Gasteiger partial charge on any atom is -0.379 e. The van der Waals surface area contributed by atoms with Gasteiger partial charge in [0.15, 0.2) is 15.4 Å². The zero-order valence-corrected chi connectivity index (χ0v) is 16.1. The van der Waals surface area contributed by atoms with Crippen LogP contribution in [0.3, 0.4) is 0 Å². The molecule has 0 aliphatic rings. The van der Waals surface area contributed by atoms with E-state index in [1.54, 1.807) is 5.32 Å². The maximum Gasteiger partial charge on any atom is 0.417 e. The predicted octanol–water partition coefficient (Wildman–Crippen LogP) is 3.27. The number of carbonyl (C=O) groups is 1. The highest BCUT2D eigenvalue weighted by atomic mass is 32.2. The van der Waals surface area contributed by atoms with Crippen LogP contribution in [0.15, 0.2) is 47.3 Å². The van der Waals surface area contributed by atoms with Crippen molar-refractivity contribution in [3.63, 3.8) is 0 Å². The lowest BCUT2D eigenvalue weighted by Gasteiger charge is -2.25. The Hall–Kier alpha value is -2.97. The average molecular weight is 447 g/mol. The summed E-state index contributed by atoms with van der Waals surface area (Å²) in [6, 6.07) is 0.765. The molecule has 0 radical (unpaired) electrons. The third-order valence-electron chi connectivity index (χ3n) is 4.06. The molecule has 1 amide bonds. The van der Waals surface area contributed by atoms with Gasteiger partial charge in [0.1, 0.15) is 5.82 Å². The van der Waals surface area contributed by atoms with E-state index < -0.39 is 85.3 Å². The molecule has 2 aromatic carbocycles. The molecule has 6 nitrogen and oxygen atoms in total. The van der Waals surface area contributed by atoms with Crippen LogP contribution < -0.4 is 5.32 Å². The van der Waals surface area contributed by atoms with Gasteiger partial charge in [-0.25, -0.2) is 12.8 Å². The van der Waals surface area contributed by atoms with E-state index in [0.29, 0.717) is 0 Å². The number of hydrogen-bond acceptors (Lipinski definition) is 5. The summed E-state index contributed by atoms with van der Waals surface area (Å²) in [6.45, 7) is 1.21. The van der Waals surface area contributed by atoms with Crippen molar-refractivity contribution in [2.45, 2.75) is 30.0 Å². The molecule has 0 spiro atoms. The Kier molecular flexibility index (Phi) is 5.33. The van der Waals surface area contributed by atoms with Crippen molar-refractivity contribution in [1.29, 1.82) is 5.26 Å². The molecule has 30 heavy (non-hydrogen) atoms. The maximum atomic E-state index is 13.4. The number of halogens is 4. The first kappa shape index (κ1) is 19.0. The lowest BCUT2D eigenvalue weighted by atomic mass is 10.0. The minimum absolute atomic E-state index is 0.433. The predicted molar refractivity (Wildman–Crippen MR) is 98.5 cm³/mol. The van der Waals surface area contributed by atoms with Crippen LogP contribution in [0.25, 0.3) is 0 Å². The molecule has 2 N–H and O–H groups in total. The smallest absolute Gasteiger partial charge is 0.379 e. The van der Waals surface area contributed by atoms with Gasteiger partial charge in [0.25, 0.3) is 5.91 Å². The normalized spacial score (nSPS) is 15.3. The summed E-state index contributed by atoms with van der Waals surface area (Å²) in [5.41, 5.74) is -7.00. The quantitative estimate of drug-likeness (QED) is 0.522. The zero-order chi connectivity index (χ0) is 25.4. The van der Waals surface area contributed by atoms with E-state index in [-0.39, 0.29) is 0 Å². The number of nitrogens with one attached hydrogen (secondary N) is 1. The number of anilines is 1. The molecule has 0 aromatic heterocycles. The number of hydrogen-bond donors (Lipinski definition) is 2. The van der Waals surface area contributed by atoms with Gasteiger partial charge in [0.2, 0.25) is 0 Å². The number of sulfone groups is 1. The van der Waals surface area contributed by atoms with Crippen LogP contribution in [0, 0.1) is 17.1 Å². The fourth-order valence-electron chi connectivity index (χ4n) is 2.36. The van der Waals surface area contributed by atoms with Crippen LogP contribution in [-0.4, -0.2) is 30.8 Å². The molecule has 0 saturated heterocycles. The molecule has 2 aromatic rings. The van der Waals surface area contributed by atoms with Crippen molar-refractivity contribution in [1.82, 2.24) is 0 Å². The maximum absolute atomic E-state index is 13.4. The molecule has 160 valence electrons. The number of rotatable bonds is 6. The summed E-state index contributed by atoms with van der Waals surface area (Å²) in [6.07, 6.45) is -5.83. The Bertz CT molecular complexity index is 1250. The van der Waals surface area contributed by atoms with Gasteiger partial charge in [-0.1, -0.05) is 6.92 Å². The molecule has 0 saturated carbocycles. The lowest BCUT2D eigenvalue weighted by molar-refractivity contribution is -0.138. The topological polar surface area (TPSA) is 107 Å². The zero-order valence-electron chi connectivity index (χ0n) is 18.3. The van der Waals surface area contributed by atoms with E-state index in [2.05, 4.69) is 0 Å². The van der Waals surface area contributed by atoms with Crippen molar-refractivity contribution >= 4 is 21.4 Å². The van der Waals surface area contributed by atoms with Crippen LogP contribution in [0.4, 0.5) is 23.2 Å². The van der Waals surface area contributed by atoms with Crippen molar-refractivity contribution in [3.05, 3.63) is 59.3 Å². The van der Waals surface area contributed by atoms with E-state index in [4.69, 9.17) is 9.37 Å². The third kappa shape index (κ3) is 5.14. The summed E-state index contributed by atoms with van der Waals surface area (Å²) in [5, 5.41) is 21.4. The molecule has 0 aliphatic carbocycles. The highest BCUT2D eigenvalue weighted by Gasteiger charge is 2.40. The molecular formula is C19H16F4N2O4S. The second-order valence-electron chi connectivity index (χ2n) is 6.16. The number of nitriles is 1. The largest absolute Gasteiger partial charge is 0.417 e. The molecule has 0 heterocycles. The van der Waals surface area contributed by atoms with Crippen LogP contribution in [0.1, 0.15) is 28.6 Å². The first-order valence-electron chi connectivity index (χ1n) is 9.72. The second kappa shape index (κ2) is 8.41. The summed E-state index contributed by atoms with van der Waals surface area (Å²) >= 11 is 0. The van der Waals surface area contributed by atoms with Gasteiger partial charge in [-0.15, -0.1) is 0 Å². The van der Waals surface area contributed by atoms with Gasteiger partial charge < -0.3 is 10.4 Å². The van der Waals surface area contributed by atoms with Gasteiger partial charge in [-0.3, -0.25) is 4.79 Å². The van der Waals surface area contributed by atoms with Crippen LogP contribution in [0.2, 0.25) is 0 Å². The number of carbonyl (C=O) groups excluding carboxylic acids is 1. The Morgan fingerprint density at radius 3 is 2.37 bits per heavy atom. The number of amides is 1. The summed E-state index contributed by atoms with van der Waals surface area (Å²) in [7, 11) is -4.39. The van der Waals surface area contributed by atoms with Gasteiger partial charge in [0.05, 0.1) is 32.0 Å². The molecule has 0 aliphatic heterocycles. The molecule has 11 heteroatoms. The number of alkyl halides is 3. The lowest BCUT2D eigenvalue weighted by Crippen LogP contribution is -2.48. The van der Waals surface area contributed by atoms with E-state index in [0.717, 1.165) is 30.3 Å². The summed E-state index contributed by atoms with van der Waals surface area (Å²) in [4.78, 5) is 12.3. The monoisotopic (exact) mass is 447 g/mol. The molecule has 1 unspecified atom stereocenters. The first-order chi connectivity index (χ1) is 15.1. The molecule has 0 fully saturated rings. The number of aliphatic hydroxyl groups is 1. The van der Waals surface area contributed by atoms with Crippen molar-refractivity contribution < 1.29 is 40.0 Å². The summed E-state index contributed by atoms with van der Waals surface area (Å²) < 4.78 is 102. The highest BCUT2D eigenvalue weighted by Crippen LogP contribution is 2.34. The standard InChI is InChI=1S/C19H16F4N2O4S/c1-2-18(27,11-30(28,29)15-7-4-13(20)5-8-15)17(26)25-14-6-3-12(10-24)16(9-14)19(21,22)23/h3-9,27H,2,11H2,1H3,(H,25,26)/i3D,6D,9D. The Morgan fingerprint density at radius 1 is 1.27 bits per heavy atom. The third-order valence-corrected chi connectivity index (χ3v) is 5.90. The van der Waals surface area contributed by atoms with Crippen molar-refractivity contribution in [2.75, 3.05) is 11.1 Å². The van der Waals surface area contributed by atoms with E-state index >= 15 is 0 Å². The summed E-state index contributed by atoms with van der Waals surface area (Å²) in [5.74, 6) is -3.53. The van der Waals surface area contributed by atoms with Gasteiger partial charge >= 0.3 is 6.18 Å². The van der Waals surface area contributed by atoms with E-state index in [9.17, 15) is 35.9 Å². The average Bonchev–Trinajstić information content (AvgIpc) is 2.72. The van der Waals surface area contributed by atoms with E-state index in [1.807, 2.05) is 0 Å². The minimum atomic E-state index is -5.28. The highest BCUT2D eigenvalue weighted by molar-refractivity contribution is 7.91. The SMILES string of the molecule is [2H]c1c([2H])c(NC(=O)C(O)(CC)CS(=O)(=O)c2ccc(F)cc2)c([2H])c(C(F)(F)F)c1C#N. The van der Waals surface area contributed by atoms with Crippen molar-refractivity contribution in [2.24, 2.45) is 0 Å². The fraction of sp³-hybridized carbons (Fsp3) is 0.263. The number of nitrogens with zero attached hydrogens (tertiary/aromatic N) is 1. The molecule has 0 bridgehead atoms. The second-order valence-corrected chi connectivity index (χ2v) is 8.15. The Morgan fingerprint density at radius 2 is 1.87 bits per heavy atom. The molecular weight excluding hydrogens is 428 g/mol. The molecule has 2 rings (SSSR count). The Balaban J connectivity index is 2.52. The van der Waals surface area contributed by atoms with Gasteiger partial charge in [0, 0.05) is 5.69 Å².